The van der Waals surface area contributed by atoms with E-state index in [9.17, 15) is 5.11 Å². The highest BCUT2D eigenvalue weighted by molar-refractivity contribution is 5.14. The molecule has 118 valence electrons. The molecule has 1 aromatic rings. The maximum Gasteiger partial charge on any atom is 0.0555 e. The van der Waals surface area contributed by atoms with E-state index in [1.165, 1.54) is 50.6 Å². The molecule has 0 radical (unpaired) electrons. The summed E-state index contributed by atoms with van der Waals surface area (Å²) in [5.41, 5.74) is 1.39. The number of aliphatic hydroxyl groups excluding tert-OH is 1. The average Bonchev–Trinajstić information content (AvgIpc) is 2.51. The first-order chi connectivity index (χ1) is 10.3. The van der Waals surface area contributed by atoms with Gasteiger partial charge in [-0.1, -0.05) is 62.9 Å². The lowest BCUT2D eigenvalue weighted by Crippen LogP contribution is -2.40. The van der Waals surface area contributed by atoms with Gasteiger partial charge in [-0.15, -0.1) is 0 Å². The highest BCUT2D eigenvalue weighted by atomic mass is 16.3. The second kappa shape index (κ2) is 9.22. The largest absolute Gasteiger partial charge is 0.393 e. The Morgan fingerprint density at radius 3 is 2.76 bits per heavy atom. The smallest absolute Gasteiger partial charge is 0.0555 e. The van der Waals surface area contributed by atoms with E-state index in [1.807, 2.05) is 0 Å². The summed E-state index contributed by atoms with van der Waals surface area (Å²) in [5, 5.41) is 10.3. The van der Waals surface area contributed by atoms with Crippen LogP contribution < -0.4 is 0 Å². The van der Waals surface area contributed by atoms with E-state index in [0.29, 0.717) is 6.04 Å². The summed E-state index contributed by atoms with van der Waals surface area (Å²) >= 11 is 0. The van der Waals surface area contributed by atoms with Crippen LogP contribution in [0.4, 0.5) is 0 Å². The molecule has 1 aliphatic rings. The third-order valence-electron chi connectivity index (χ3n) is 4.66. The van der Waals surface area contributed by atoms with Crippen molar-refractivity contribution in [3.05, 3.63) is 35.9 Å². The van der Waals surface area contributed by atoms with Gasteiger partial charge in [0.15, 0.2) is 0 Å². The van der Waals surface area contributed by atoms with Crippen molar-refractivity contribution >= 4 is 0 Å². The zero-order valence-electron chi connectivity index (χ0n) is 13.5. The average molecular weight is 289 g/mol. The van der Waals surface area contributed by atoms with Crippen molar-refractivity contribution in [1.29, 1.82) is 0 Å². The predicted molar refractivity (Wildman–Crippen MR) is 89.3 cm³/mol. The highest BCUT2D eigenvalue weighted by Crippen LogP contribution is 2.24. The van der Waals surface area contributed by atoms with Crippen molar-refractivity contribution in [1.82, 2.24) is 4.90 Å². The van der Waals surface area contributed by atoms with Crippen molar-refractivity contribution in [2.24, 2.45) is 0 Å². The van der Waals surface area contributed by atoms with Crippen molar-refractivity contribution in [2.45, 2.75) is 77.0 Å². The molecule has 2 nitrogen and oxygen atoms in total. The van der Waals surface area contributed by atoms with E-state index in [-0.39, 0.29) is 6.10 Å². The Labute approximate surface area is 130 Å². The van der Waals surface area contributed by atoms with Crippen LogP contribution in [0.15, 0.2) is 30.3 Å². The van der Waals surface area contributed by atoms with Crippen LogP contribution in [-0.4, -0.2) is 28.7 Å². The van der Waals surface area contributed by atoms with Crippen LogP contribution in [-0.2, 0) is 6.54 Å². The third-order valence-corrected chi connectivity index (χ3v) is 4.66. The van der Waals surface area contributed by atoms with Crippen LogP contribution in [0.3, 0.4) is 0 Å². The monoisotopic (exact) mass is 289 g/mol. The van der Waals surface area contributed by atoms with Gasteiger partial charge in [0, 0.05) is 12.6 Å². The van der Waals surface area contributed by atoms with Gasteiger partial charge >= 0.3 is 0 Å². The number of nitrogens with zero attached hydrogens (tertiary/aromatic N) is 1. The molecule has 0 unspecified atom stereocenters. The number of benzene rings is 1. The lowest BCUT2D eigenvalue weighted by molar-refractivity contribution is 0.0686. The number of rotatable bonds is 8. The first kappa shape index (κ1) is 16.5. The number of hydrogen-bond acceptors (Lipinski definition) is 2. The van der Waals surface area contributed by atoms with E-state index in [2.05, 4.69) is 42.2 Å². The zero-order valence-corrected chi connectivity index (χ0v) is 13.5. The molecule has 2 heteroatoms. The minimum absolute atomic E-state index is 0.113. The normalized spacial score (nSPS) is 21.3. The molecule has 0 bridgehead atoms. The van der Waals surface area contributed by atoms with Gasteiger partial charge in [0.25, 0.3) is 0 Å². The summed E-state index contributed by atoms with van der Waals surface area (Å²) < 4.78 is 0. The first-order valence-electron chi connectivity index (χ1n) is 8.75. The number of unbranched alkanes of at least 4 members (excludes halogenated alkanes) is 2. The molecule has 1 aliphatic heterocycles. The molecule has 1 N–H and O–H groups in total. The van der Waals surface area contributed by atoms with Crippen LogP contribution in [0.25, 0.3) is 0 Å². The molecule has 2 atom stereocenters. The van der Waals surface area contributed by atoms with E-state index in [0.717, 1.165) is 19.4 Å². The molecule has 0 spiro atoms. The fraction of sp³-hybridized carbons (Fsp3) is 0.684. The molecule has 1 saturated heterocycles. The quantitative estimate of drug-likeness (QED) is 0.718. The Morgan fingerprint density at radius 1 is 1.19 bits per heavy atom. The van der Waals surface area contributed by atoms with Gasteiger partial charge in [0.2, 0.25) is 0 Å². The summed E-state index contributed by atoms with van der Waals surface area (Å²) in [7, 11) is 0. The second-order valence-electron chi connectivity index (χ2n) is 6.49. The third kappa shape index (κ3) is 5.80. The lowest BCUT2D eigenvalue weighted by atomic mass is 9.94. The molecule has 2 rings (SSSR count). The maximum absolute atomic E-state index is 10.3. The Hall–Kier alpha value is -0.860. The van der Waals surface area contributed by atoms with E-state index >= 15 is 0 Å². The van der Waals surface area contributed by atoms with Crippen molar-refractivity contribution < 1.29 is 5.11 Å². The van der Waals surface area contributed by atoms with E-state index in [4.69, 9.17) is 0 Å². The minimum Gasteiger partial charge on any atom is -0.393 e. The molecular formula is C19H31NO. The number of aliphatic hydroxyl groups is 1. The predicted octanol–water partition coefficient (Wildman–Crippen LogP) is 4.37. The SMILES string of the molecule is CCCCC[C@@H](O)C[C@H]1CCCCN1Cc1ccccc1. The zero-order chi connectivity index (χ0) is 14.9. The van der Waals surface area contributed by atoms with E-state index < -0.39 is 0 Å². The van der Waals surface area contributed by atoms with E-state index in [1.54, 1.807) is 0 Å². The van der Waals surface area contributed by atoms with Crippen LogP contribution in [0.2, 0.25) is 0 Å². The summed E-state index contributed by atoms with van der Waals surface area (Å²) in [6, 6.07) is 11.3. The molecule has 0 aliphatic carbocycles. The molecule has 0 aromatic heterocycles. The Balaban J connectivity index is 1.83. The first-order valence-corrected chi connectivity index (χ1v) is 8.75. The molecule has 1 fully saturated rings. The van der Waals surface area contributed by atoms with Crippen LogP contribution in [0, 0.1) is 0 Å². The van der Waals surface area contributed by atoms with Crippen LogP contribution in [0.5, 0.6) is 0 Å². The summed E-state index contributed by atoms with van der Waals surface area (Å²) in [4.78, 5) is 2.59. The Bertz CT molecular complexity index is 378. The van der Waals surface area contributed by atoms with Crippen LogP contribution >= 0.6 is 0 Å². The summed E-state index contributed by atoms with van der Waals surface area (Å²) in [6.45, 7) is 4.43. The fourth-order valence-electron chi connectivity index (χ4n) is 3.41. The highest BCUT2D eigenvalue weighted by Gasteiger charge is 2.24. The van der Waals surface area contributed by atoms with Gasteiger partial charge < -0.3 is 5.11 Å². The van der Waals surface area contributed by atoms with Gasteiger partial charge in [0.05, 0.1) is 6.10 Å². The van der Waals surface area contributed by atoms with Crippen molar-refractivity contribution in [3.8, 4) is 0 Å². The fourth-order valence-corrected chi connectivity index (χ4v) is 3.41. The summed E-state index contributed by atoms with van der Waals surface area (Å²) in [5.74, 6) is 0. The summed E-state index contributed by atoms with van der Waals surface area (Å²) in [6.07, 6.45) is 9.33. The van der Waals surface area contributed by atoms with Gasteiger partial charge in [0.1, 0.15) is 0 Å². The Morgan fingerprint density at radius 2 is 2.00 bits per heavy atom. The number of likely N-dealkylation sites (tertiary alicyclic amines) is 1. The standard InChI is InChI=1S/C19H31NO/c1-2-3-5-13-19(21)15-18-12-8-9-14-20(18)16-17-10-6-4-7-11-17/h4,6-7,10-11,18-19,21H,2-3,5,8-9,12-16H2,1H3/t18-,19-/m1/s1. The minimum atomic E-state index is -0.113. The second-order valence-corrected chi connectivity index (χ2v) is 6.49. The van der Waals surface area contributed by atoms with Gasteiger partial charge in [-0.25, -0.2) is 0 Å². The lowest BCUT2D eigenvalue weighted by Gasteiger charge is -2.37. The number of hydrogen-bond donors (Lipinski definition) is 1. The molecule has 1 heterocycles. The molecule has 0 saturated carbocycles. The van der Waals surface area contributed by atoms with Crippen molar-refractivity contribution in [3.63, 3.8) is 0 Å². The molecule has 0 amide bonds. The topological polar surface area (TPSA) is 23.5 Å². The Kier molecular flexibility index (Phi) is 7.25. The number of piperidine rings is 1. The maximum atomic E-state index is 10.3. The molecular weight excluding hydrogens is 258 g/mol. The van der Waals surface area contributed by atoms with Gasteiger partial charge in [-0.05, 0) is 37.8 Å². The van der Waals surface area contributed by atoms with Gasteiger partial charge in [-0.2, -0.15) is 0 Å². The van der Waals surface area contributed by atoms with Crippen molar-refractivity contribution in [2.75, 3.05) is 6.54 Å². The molecule has 1 aromatic carbocycles. The van der Waals surface area contributed by atoms with Crippen LogP contribution in [0.1, 0.15) is 63.9 Å². The van der Waals surface area contributed by atoms with Gasteiger partial charge in [-0.3, -0.25) is 4.90 Å². The molecule has 21 heavy (non-hydrogen) atoms.